The van der Waals surface area contributed by atoms with Crippen molar-refractivity contribution in [3.8, 4) is 11.1 Å². The molecule has 2 fully saturated rings. The van der Waals surface area contributed by atoms with Crippen molar-refractivity contribution in [1.82, 2.24) is 10.2 Å². The van der Waals surface area contributed by atoms with E-state index in [4.69, 9.17) is 14.6 Å². The van der Waals surface area contributed by atoms with Crippen molar-refractivity contribution in [3.63, 3.8) is 0 Å². The second kappa shape index (κ2) is 8.27. The lowest BCUT2D eigenvalue weighted by Gasteiger charge is -2.38. The zero-order chi connectivity index (χ0) is 22.2. The van der Waals surface area contributed by atoms with Crippen molar-refractivity contribution in [2.75, 3.05) is 26.3 Å². The number of amides is 2. The molecule has 0 saturated carbocycles. The smallest absolute Gasteiger partial charge is 0.407 e. The van der Waals surface area contributed by atoms with Gasteiger partial charge in [0.15, 0.2) is 6.10 Å². The van der Waals surface area contributed by atoms with Crippen LogP contribution in [-0.4, -0.2) is 66.4 Å². The summed E-state index contributed by atoms with van der Waals surface area (Å²) < 4.78 is 11.1. The highest BCUT2D eigenvalue weighted by molar-refractivity contribution is 5.86. The molecule has 5 rings (SSSR count). The first-order valence-electron chi connectivity index (χ1n) is 10.8. The van der Waals surface area contributed by atoms with Crippen molar-refractivity contribution in [2.24, 2.45) is 5.92 Å². The fraction of sp³-hybridized carbons (Fsp3) is 0.375. The highest BCUT2D eigenvalue weighted by atomic mass is 16.6. The normalized spacial score (nSPS) is 22.1. The number of carboxylic acid groups (broad SMARTS) is 1. The van der Waals surface area contributed by atoms with Crippen molar-refractivity contribution in [1.29, 1.82) is 0 Å². The van der Waals surface area contributed by atoms with E-state index in [0.717, 1.165) is 22.3 Å². The number of benzene rings is 2. The van der Waals surface area contributed by atoms with E-state index in [0.29, 0.717) is 13.0 Å². The first-order chi connectivity index (χ1) is 15.5. The maximum absolute atomic E-state index is 12.6. The lowest BCUT2D eigenvalue weighted by Crippen LogP contribution is -2.58. The summed E-state index contributed by atoms with van der Waals surface area (Å²) in [6.45, 7) is 0.886. The number of fused-ring (bicyclic) bond motifs is 3. The van der Waals surface area contributed by atoms with Gasteiger partial charge in [-0.1, -0.05) is 48.5 Å². The molecule has 0 radical (unpaired) electrons. The summed E-state index contributed by atoms with van der Waals surface area (Å²) in [7, 11) is 0. The largest absolute Gasteiger partial charge is 0.481 e. The molecule has 2 saturated heterocycles. The molecule has 2 heterocycles. The Bertz CT molecular complexity index is 1020. The number of aliphatic carboxylic acids is 1. The molecule has 2 atom stereocenters. The summed E-state index contributed by atoms with van der Waals surface area (Å²) in [6.07, 6.45) is -0.908. The van der Waals surface area contributed by atoms with E-state index in [1.165, 1.54) is 4.90 Å². The van der Waals surface area contributed by atoms with E-state index in [2.05, 4.69) is 29.6 Å². The van der Waals surface area contributed by atoms with Crippen LogP contribution in [0.15, 0.2) is 48.5 Å². The number of carboxylic acids is 1. The van der Waals surface area contributed by atoms with Crippen molar-refractivity contribution >= 4 is 18.0 Å². The molecule has 8 heteroatoms. The summed E-state index contributed by atoms with van der Waals surface area (Å²) >= 11 is 0. The van der Waals surface area contributed by atoms with E-state index >= 15 is 0 Å². The number of likely N-dealkylation sites (tertiary alicyclic amines) is 1. The van der Waals surface area contributed by atoms with E-state index in [9.17, 15) is 14.4 Å². The van der Waals surface area contributed by atoms with E-state index < -0.39 is 30.1 Å². The molecule has 0 bridgehead atoms. The number of hydrogen-bond donors (Lipinski definition) is 2. The summed E-state index contributed by atoms with van der Waals surface area (Å²) in [5.74, 6) is -1.77. The number of carbonyl (C=O) groups is 3. The zero-order valence-electron chi connectivity index (χ0n) is 17.4. The third-order valence-corrected chi connectivity index (χ3v) is 6.52. The van der Waals surface area contributed by atoms with Gasteiger partial charge in [0.1, 0.15) is 6.61 Å². The maximum Gasteiger partial charge on any atom is 0.407 e. The van der Waals surface area contributed by atoms with Crippen LogP contribution in [0.25, 0.3) is 11.1 Å². The fourth-order valence-corrected chi connectivity index (χ4v) is 4.77. The monoisotopic (exact) mass is 436 g/mol. The van der Waals surface area contributed by atoms with Crippen LogP contribution in [0.4, 0.5) is 4.79 Å². The molecule has 0 aromatic heterocycles. The van der Waals surface area contributed by atoms with Gasteiger partial charge in [-0.15, -0.1) is 0 Å². The van der Waals surface area contributed by atoms with Gasteiger partial charge in [0, 0.05) is 25.6 Å². The zero-order valence-corrected chi connectivity index (χ0v) is 17.4. The molecule has 166 valence electrons. The van der Waals surface area contributed by atoms with Gasteiger partial charge >= 0.3 is 12.1 Å². The van der Waals surface area contributed by atoms with Gasteiger partial charge in [-0.05, 0) is 28.7 Å². The highest BCUT2D eigenvalue weighted by Gasteiger charge is 2.43. The van der Waals surface area contributed by atoms with Crippen LogP contribution in [0.2, 0.25) is 0 Å². The first-order valence-corrected chi connectivity index (χ1v) is 10.8. The molecule has 1 aliphatic carbocycles. The Labute approximate surface area is 185 Å². The fourth-order valence-electron chi connectivity index (χ4n) is 4.77. The Morgan fingerprint density at radius 2 is 1.66 bits per heavy atom. The Kier molecular flexibility index (Phi) is 5.30. The average molecular weight is 436 g/mol. The predicted molar refractivity (Wildman–Crippen MR) is 114 cm³/mol. The lowest BCUT2D eigenvalue weighted by molar-refractivity contribution is -0.157. The van der Waals surface area contributed by atoms with Gasteiger partial charge in [-0.2, -0.15) is 0 Å². The van der Waals surface area contributed by atoms with Crippen molar-refractivity contribution in [3.05, 3.63) is 59.7 Å². The van der Waals surface area contributed by atoms with Crippen LogP contribution in [0.5, 0.6) is 0 Å². The summed E-state index contributed by atoms with van der Waals surface area (Å²) in [5, 5.41) is 11.8. The average Bonchev–Trinajstić information content (AvgIpc) is 3.33. The number of hydrogen-bond acceptors (Lipinski definition) is 5. The molecular weight excluding hydrogens is 412 g/mol. The molecule has 2 amide bonds. The second-order valence-electron chi connectivity index (χ2n) is 8.43. The topological polar surface area (TPSA) is 105 Å². The molecule has 2 aromatic carbocycles. The summed E-state index contributed by atoms with van der Waals surface area (Å²) in [6, 6.07) is 15.7. The number of carbonyl (C=O) groups excluding carboxylic acids is 2. The molecular formula is C24H24N2O6. The minimum atomic E-state index is -0.908. The van der Waals surface area contributed by atoms with Crippen LogP contribution >= 0.6 is 0 Å². The number of alkyl carbamates (subject to hydrolysis) is 1. The number of ether oxygens (including phenoxy) is 2. The minimum absolute atomic E-state index is 0.0422. The van der Waals surface area contributed by atoms with Crippen LogP contribution in [0.3, 0.4) is 0 Å². The lowest BCUT2D eigenvalue weighted by atomic mass is 9.98. The maximum atomic E-state index is 12.6. The van der Waals surface area contributed by atoms with E-state index in [-0.39, 0.29) is 31.5 Å². The van der Waals surface area contributed by atoms with Crippen LogP contribution in [-0.2, 0) is 19.1 Å². The number of nitrogens with one attached hydrogen (secondary N) is 1. The van der Waals surface area contributed by atoms with E-state index in [1.54, 1.807) is 0 Å². The molecule has 3 aliphatic rings. The van der Waals surface area contributed by atoms with Crippen molar-refractivity contribution < 1.29 is 29.0 Å². The minimum Gasteiger partial charge on any atom is -0.481 e. The van der Waals surface area contributed by atoms with Crippen LogP contribution in [0.1, 0.15) is 23.5 Å². The molecule has 2 N–H and O–H groups in total. The molecule has 32 heavy (non-hydrogen) atoms. The Morgan fingerprint density at radius 3 is 2.28 bits per heavy atom. The van der Waals surface area contributed by atoms with Crippen LogP contribution in [0, 0.1) is 5.92 Å². The number of rotatable bonds is 5. The van der Waals surface area contributed by atoms with Gasteiger partial charge in [0.25, 0.3) is 5.91 Å². The third-order valence-electron chi connectivity index (χ3n) is 6.52. The third kappa shape index (κ3) is 3.60. The highest BCUT2D eigenvalue weighted by Crippen LogP contribution is 2.44. The van der Waals surface area contributed by atoms with Gasteiger partial charge < -0.3 is 24.8 Å². The quantitative estimate of drug-likeness (QED) is 0.745. The Morgan fingerprint density at radius 1 is 1.03 bits per heavy atom. The SMILES string of the molecule is O=C(NC1CCOC1C(=O)N1CC(C(=O)O)C1)OCC1c2ccccc2-c2ccccc21. The predicted octanol–water partition coefficient (Wildman–Crippen LogP) is 2.23. The summed E-state index contributed by atoms with van der Waals surface area (Å²) in [4.78, 5) is 37.6. The summed E-state index contributed by atoms with van der Waals surface area (Å²) in [5.41, 5.74) is 4.57. The van der Waals surface area contributed by atoms with Gasteiger partial charge in [-0.3, -0.25) is 9.59 Å². The molecule has 2 unspecified atom stereocenters. The molecule has 8 nitrogen and oxygen atoms in total. The number of nitrogens with zero attached hydrogens (tertiary/aromatic N) is 1. The molecule has 2 aromatic rings. The second-order valence-corrected chi connectivity index (χ2v) is 8.43. The Balaban J connectivity index is 1.19. The first kappa shape index (κ1) is 20.5. The van der Waals surface area contributed by atoms with Crippen LogP contribution < -0.4 is 5.32 Å². The van der Waals surface area contributed by atoms with Crippen molar-refractivity contribution in [2.45, 2.75) is 24.5 Å². The van der Waals surface area contributed by atoms with Gasteiger partial charge in [-0.25, -0.2) is 4.79 Å². The molecule has 0 spiro atoms. The standard InChI is InChI=1S/C24H24N2O6/c27-22(26-11-14(12-26)23(28)29)21-20(9-10-31-21)25-24(30)32-13-19-17-7-3-1-5-15(17)16-6-2-4-8-18(16)19/h1-8,14,19-21H,9-13H2,(H,25,30)(H,28,29). The van der Waals surface area contributed by atoms with Gasteiger partial charge in [0.05, 0.1) is 12.0 Å². The van der Waals surface area contributed by atoms with E-state index in [1.807, 2.05) is 24.3 Å². The Hall–Kier alpha value is -3.39. The van der Waals surface area contributed by atoms with Gasteiger partial charge in [0.2, 0.25) is 0 Å². The molecule has 2 aliphatic heterocycles.